The van der Waals surface area contributed by atoms with E-state index in [4.69, 9.17) is 5.73 Å². The second kappa shape index (κ2) is 11.3. The van der Waals surface area contributed by atoms with Gasteiger partial charge in [-0.2, -0.15) is 0 Å². The zero-order valence-corrected chi connectivity index (χ0v) is 26.3. The van der Waals surface area contributed by atoms with E-state index in [9.17, 15) is 39.9 Å². The Bertz CT molecular complexity index is 1710. The molecule has 12 heteroatoms. The number of nitrogens with zero attached hydrogens (tertiary/aromatic N) is 3. The van der Waals surface area contributed by atoms with Crippen LogP contribution in [0.5, 0.6) is 5.75 Å². The molecule has 0 bridgehead atoms. The lowest BCUT2D eigenvalue weighted by Crippen LogP contribution is -2.70. The molecule has 6 rings (SSSR count). The Kier molecular flexibility index (Phi) is 7.85. The van der Waals surface area contributed by atoms with Gasteiger partial charge in [-0.25, -0.2) is 0 Å². The van der Waals surface area contributed by atoms with E-state index in [0.29, 0.717) is 16.7 Å². The van der Waals surface area contributed by atoms with Crippen molar-refractivity contribution in [3.63, 3.8) is 0 Å². The van der Waals surface area contributed by atoms with Crippen molar-refractivity contribution in [2.75, 3.05) is 47.3 Å². The van der Waals surface area contributed by atoms with Crippen molar-refractivity contribution in [2.45, 2.75) is 37.1 Å². The number of aliphatic hydroxyl groups excluding tert-OH is 3. The average molecular weight is 633 g/mol. The number of benzene rings is 2. The van der Waals surface area contributed by atoms with Gasteiger partial charge in [0, 0.05) is 49.8 Å². The lowest BCUT2D eigenvalue weighted by molar-refractivity contribution is -0.169. The summed E-state index contributed by atoms with van der Waals surface area (Å²) in [5.74, 6) is -9.04. The average Bonchev–Trinajstić information content (AvgIpc) is 3.00. The van der Waals surface area contributed by atoms with Crippen molar-refractivity contribution >= 4 is 23.2 Å². The van der Waals surface area contributed by atoms with Crippen LogP contribution in [0.25, 0.3) is 16.9 Å². The molecule has 46 heavy (non-hydrogen) atoms. The standard InChI is InChI=1S/C34H40N4O8/c1-16-19-8-9-20(18-7-5-6-17(14-18)15-38-12-10-37(4)11-13-38)27(39)22(19)28(40)23-21(16)29(41)25-26(36(2)3)30(42)24(33(35)45)32(44)34(25,46)31(23)43/h5-9,14,16,21,25-26,29,39-41,44,46H,10-13,15H2,1-4H3,(H2,35,45)/t16-,21-,25-,26+,29+,34+/m1/s1. The number of nitrogens with two attached hydrogens (primary N) is 1. The topological polar surface area (TPSA) is 188 Å². The summed E-state index contributed by atoms with van der Waals surface area (Å²) in [6.07, 6.45) is -1.64. The van der Waals surface area contributed by atoms with E-state index >= 15 is 0 Å². The van der Waals surface area contributed by atoms with Crippen LogP contribution in [0.15, 0.2) is 53.3 Å². The number of carbonyl (C=O) groups is 3. The molecule has 244 valence electrons. The quantitative estimate of drug-likeness (QED) is 0.257. The number of hydrogen-bond acceptors (Lipinski definition) is 11. The van der Waals surface area contributed by atoms with Crippen LogP contribution in [0, 0.1) is 11.8 Å². The predicted molar refractivity (Wildman–Crippen MR) is 169 cm³/mol. The normalized spacial score (nSPS) is 30.4. The molecule has 1 saturated carbocycles. The maximum absolute atomic E-state index is 14.3. The van der Waals surface area contributed by atoms with Gasteiger partial charge < -0.3 is 36.2 Å². The number of rotatable bonds is 5. The predicted octanol–water partition coefficient (Wildman–Crippen LogP) is 0.910. The minimum atomic E-state index is -2.95. The number of phenolic OH excluding ortho intramolecular Hbond substituents is 1. The van der Waals surface area contributed by atoms with Gasteiger partial charge in [0.05, 0.1) is 23.6 Å². The molecule has 0 aromatic heterocycles. The molecule has 2 fully saturated rings. The summed E-state index contributed by atoms with van der Waals surface area (Å²) < 4.78 is 0. The number of Topliss-reactive ketones (excluding diaryl/α,β-unsaturated/α-hetero) is 2. The summed E-state index contributed by atoms with van der Waals surface area (Å²) >= 11 is 0. The Labute approximate surface area is 266 Å². The third-order valence-corrected chi connectivity index (χ3v) is 10.4. The summed E-state index contributed by atoms with van der Waals surface area (Å²) in [4.78, 5) is 45.8. The molecule has 1 aliphatic heterocycles. The van der Waals surface area contributed by atoms with Crippen LogP contribution in [0.4, 0.5) is 0 Å². The number of likely N-dealkylation sites (N-methyl/N-ethyl adjacent to an activating group) is 2. The van der Waals surface area contributed by atoms with Crippen molar-refractivity contribution in [3.05, 3.63) is 70.0 Å². The summed E-state index contributed by atoms with van der Waals surface area (Å²) in [5, 5.41) is 58.2. The van der Waals surface area contributed by atoms with Crippen LogP contribution >= 0.6 is 0 Å². The van der Waals surface area contributed by atoms with Crippen LogP contribution in [0.2, 0.25) is 0 Å². The minimum Gasteiger partial charge on any atom is -0.508 e. The molecule has 4 aliphatic rings. The Hall–Kier alpha value is -4.07. The largest absolute Gasteiger partial charge is 0.508 e. The highest BCUT2D eigenvalue weighted by atomic mass is 16.4. The highest BCUT2D eigenvalue weighted by Gasteiger charge is 2.68. The van der Waals surface area contributed by atoms with Gasteiger partial charge in [0.25, 0.3) is 5.91 Å². The van der Waals surface area contributed by atoms with Gasteiger partial charge in [-0.05, 0) is 49.8 Å². The first-order chi connectivity index (χ1) is 21.7. The lowest BCUT2D eigenvalue weighted by atomic mass is 9.54. The Morgan fingerprint density at radius 2 is 1.74 bits per heavy atom. The van der Waals surface area contributed by atoms with Crippen LogP contribution < -0.4 is 5.73 Å². The SMILES string of the molecule is C[C@@H]1c2ccc(-c3cccc(CN4CCN(C)CC4)c3)c(O)c2C(O)=C2C(=O)[C@]3(O)C(O)=C(C(N)=O)C(=O)[C@@H](N(C)C)[C@@H]3[C@@H](O)[C@@H]21. The van der Waals surface area contributed by atoms with Crippen molar-refractivity contribution in [2.24, 2.45) is 17.6 Å². The monoisotopic (exact) mass is 632 g/mol. The molecule has 0 spiro atoms. The molecule has 1 amide bonds. The molecule has 1 saturated heterocycles. The van der Waals surface area contributed by atoms with E-state index < -0.39 is 75.6 Å². The van der Waals surface area contributed by atoms with Crippen molar-refractivity contribution < 1.29 is 39.9 Å². The first-order valence-electron chi connectivity index (χ1n) is 15.4. The molecule has 7 N–H and O–H groups in total. The van der Waals surface area contributed by atoms with E-state index in [0.717, 1.165) is 38.3 Å². The number of amides is 1. The first kappa shape index (κ1) is 31.9. The van der Waals surface area contributed by atoms with Crippen molar-refractivity contribution in [3.8, 4) is 16.9 Å². The second-order valence-corrected chi connectivity index (χ2v) is 13.3. The second-order valence-electron chi connectivity index (χ2n) is 13.3. The molecule has 0 unspecified atom stereocenters. The molecule has 6 atom stereocenters. The van der Waals surface area contributed by atoms with Gasteiger partial charge in [0.1, 0.15) is 22.8 Å². The number of aliphatic hydroxyl groups is 4. The molecule has 3 aliphatic carbocycles. The van der Waals surface area contributed by atoms with E-state index in [1.54, 1.807) is 19.1 Å². The Balaban J connectivity index is 1.46. The van der Waals surface area contributed by atoms with Crippen molar-refractivity contribution in [1.82, 2.24) is 14.7 Å². The maximum atomic E-state index is 14.3. The summed E-state index contributed by atoms with van der Waals surface area (Å²) in [6, 6.07) is 9.77. The van der Waals surface area contributed by atoms with Gasteiger partial charge in [-0.15, -0.1) is 0 Å². The number of carbonyl (C=O) groups excluding carboxylic acids is 3. The Morgan fingerprint density at radius 3 is 2.37 bits per heavy atom. The number of primary amides is 1. The summed E-state index contributed by atoms with van der Waals surface area (Å²) in [6.45, 7) is 6.28. The van der Waals surface area contributed by atoms with Gasteiger partial charge in [0.15, 0.2) is 11.4 Å². The molecular weight excluding hydrogens is 592 g/mol. The van der Waals surface area contributed by atoms with Crippen LogP contribution in [0.3, 0.4) is 0 Å². The molecule has 1 heterocycles. The van der Waals surface area contributed by atoms with Gasteiger partial charge in [-0.1, -0.05) is 37.3 Å². The molecule has 2 aromatic carbocycles. The zero-order valence-electron chi connectivity index (χ0n) is 26.3. The highest BCUT2D eigenvalue weighted by Crippen LogP contribution is 2.56. The van der Waals surface area contributed by atoms with Gasteiger partial charge in [0.2, 0.25) is 5.78 Å². The number of piperazine rings is 1. The Morgan fingerprint density at radius 1 is 1.07 bits per heavy atom. The van der Waals surface area contributed by atoms with Gasteiger partial charge >= 0.3 is 0 Å². The van der Waals surface area contributed by atoms with E-state index in [1.807, 2.05) is 24.3 Å². The number of fused-ring (bicyclic) bond motifs is 3. The van der Waals surface area contributed by atoms with Crippen LogP contribution in [-0.2, 0) is 20.9 Å². The van der Waals surface area contributed by atoms with Crippen molar-refractivity contribution in [1.29, 1.82) is 0 Å². The van der Waals surface area contributed by atoms with Crippen LogP contribution in [0.1, 0.15) is 29.5 Å². The third kappa shape index (κ3) is 4.58. The number of aromatic hydroxyl groups is 1. The molecular formula is C34H40N4O8. The third-order valence-electron chi connectivity index (χ3n) is 10.4. The first-order valence-corrected chi connectivity index (χ1v) is 15.4. The summed E-state index contributed by atoms with van der Waals surface area (Å²) in [5.41, 5.74) is 3.67. The smallest absolute Gasteiger partial charge is 0.255 e. The number of hydrogen-bond donors (Lipinski definition) is 6. The number of ketones is 2. The lowest BCUT2D eigenvalue weighted by Gasteiger charge is -2.53. The molecule has 2 aromatic rings. The van der Waals surface area contributed by atoms with E-state index in [-0.39, 0.29) is 11.3 Å². The van der Waals surface area contributed by atoms with E-state index in [1.165, 1.54) is 19.0 Å². The minimum absolute atomic E-state index is 0.0297. The fourth-order valence-corrected chi connectivity index (χ4v) is 7.95. The fraction of sp³-hybridized carbons (Fsp3) is 0.441. The number of phenols is 1. The zero-order chi connectivity index (χ0) is 33.4. The summed E-state index contributed by atoms with van der Waals surface area (Å²) in [7, 11) is 5.05. The maximum Gasteiger partial charge on any atom is 0.255 e. The van der Waals surface area contributed by atoms with Gasteiger partial charge in [-0.3, -0.25) is 24.2 Å². The fourth-order valence-electron chi connectivity index (χ4n) is 7.95. The van der Waals surface area contributed by atoms with Crippen LogP contribution in [-0.4, -0.2) is 123 Å². The highest BCUT2D eigenvalue weighted by molar-refractivity contribution is 6.24. The molecule has 0 radical (unpaired) electrons. The van der Waals surface area contributed by atoms with E-state index in [2.05, 4.69) is 16.8 Å². The molecule has 12 nitrogen and oxygen atoms in total.